The smallest absolute Gasteiger partial charge is 0.410 e. The van der Waals surface area contributed by atoms with Gasteiger partial charge in [-0.15, -0.1) is 0 Å². The van der Waals surface area contributed by atoms with E-state index in [1.165, 1.54) is 0 Å². The zero-order chi connectivity index (χ0) is 13.1. The first kappa shape index (κ1) is 15.0. The van der Waals surface area contributed by atoms with Gasteiger partial charge in [0.15, 0.2) is 0 Å². The number of carbonyl (C=O) groups excluding carboxylic acids is 1. The van der Waals surface area contributed by atoms with E-state index in [1.807, 2.05) is 26.8 Å². The van der Waals surface area contributed by atoms with E-state index in [4.69, 9.17) is 9.47 Å². The average molecular weight is 371 g/mol. The van der Waals surface area contributed by atoms with Crippen LogP contribution < -0.4 is 0 Å². The van der Waals surface area contributed by atoms with Crippen LogP contribution in [-0.2, 0) is 9.47 Å². The Labute approximate surface area is 119 Å². The van der Waals surface area contributed by atoms with Crippen molar-refractivity contribution in [1.29, 1.82) is 0 Å². The van der Waals surface area contributed by atoms with Crippen LogP contribution in [0.25, 0.3) is 0 Å². The molecule has 1 amide bonds. The van der Waals surface area contributed by atoms with E-state index in [0.717, 1.165) is 3.39 Å². The standard InChI is InChI=1S/C11H17Br2NO3/c1-11(2,3)17-10(15)14-4-5-16-7-8(14)6-9(12)13/h6,8H,4-5,7H2,1-3H3/t8-/m1/s1. The lowest BCUT2D eigenvalue weighted by molar-refractivity contribution is -0.0217. The lowest BCUT2D eigenvalue weighted by Crippen LogP contribution is -2.49. The van der Waals surface area contributed by atoms with Crippen LogP contribution in [0.3, 0.4) is 0 Å². The predicted molar refractivity (Wildman–Crippen MR) is 73.5 cm³/mol. The molecule has 98 valence electrons. The molecule has 0 radical (unpaired) electrons. The van der Waals surface area contributed by atoms with Crippen LogP contribution in [0.4, 0.5) is 4.79 Å². The molecule has 0 N–H and O–H groups in total. The third-order valence-electron chi connectivity index (χ3n) is 2.11. The Morgan fingerprint density at radius 3 is 2.65 bits per heavy atom. The minimum absolute atomic E-state index is 0.104. The van der Waals surface area contributed by atoms with Gasteiger partial charge in [-0.25, -0.2) is 4.79 Å². The highest BCUT2D eigenvalue weighted by atomic mass is 79.9. The van der Waals surface area contributed by atoms with Crippen molar-refractivity contribution in [2.75, 3.05) is 19.8 Å². The van der Waals surface area contributed by atoms with Gasteiger partial charge in [0.05, 0.1) is 22.6 Å². The molecule has 1 aliphatic rings. The van der Waals surface area contributed by atoms with E-state index in [1.54, 1.807) is 4.90 Å². The molecule has 0 aromatic rings. The molecule has 1 aliphatic heterocycles. The van der Waals surface area contributed by atoms with E-state index < -0.39 is 5.60 Å². The third-order valence-corrected chi connectivity index (χ3v) is 2.64. The van der Waals surface area contributed by atoms with E-state index in [-0.39, 0.29) is 12.1 Å². The molecule has 0 aliphatic carbocycles. The maximum Gasteiger partial charge on any atom is 0.410 e. The first-order chi connectivity index (χ1) is 7.79. The van der Waals surface area contributed by atoms with Crippen LogP contribution >= 0.6 is 31.9 Å². The summed E-state index contributed by atoms with van der Waals surface area (Å²) in [5.74, 6) is 0. The highest BCUT2D eigenvalue weighted by Crippen LogP contribution is 2.20. The van der Waals surface area contributed by atoms with Crippen molar-refractivity contribution in [3.63, 3.8) is 0 Å². The number of ether oxygens (including phenoxy) is 2. The molecule has 0 spiro atoms. The van der Waals surface area contributed by atoms with Crippen molar-refractivity contribution in [2.24, 2.45) is 0 Å². The van der Waals surface area contributed by atoms with Crippen LogP contribution in [0.2, 0.25) is 0 Å². The highest BCUT2D eigenvalue weighted by Gasteiger charge is 2.29. The Morgan fingerprint density at radius 2 is 2.12 bits per heavy atom. The Morgan fingerprint density at radius 1 is 1.47 bits per heavy atom. The normalized spacial score (nSPS) is 21.0. The van der Waals surface area contributed by atoms with Crippen molar-refractivity contribution in [3.05, 3.63) is 9.47 Å². The number of nitrogens with zero attached hydrogens (tertiary/aromatic N) is 1. The molecule has 1 atom stereocenters. The molecule has 1 rings (SSSR count). The van der Waals surface area contributed by atoms with Crippen LogP contribution in [-0.4, -0.2) is 42.4 Å². The van der Waals surface area contributed by atoms with Gasteiger partial charge in [0.2, 0.25) is 0 Å². The van der Waals surface area contributed by atoms with E-state index in [9.17, 15) is 4.79 Å². The molecule has 1 heterocycles. The summed E-state index contributed by atoms with van der Waals surface area (Å²) < 4.78 is 11.5. The van der Waals surface area contributed by atoms with Gasteiger partial charge in [0, 0.05) is 6.54 Å². The maximum atomic E-state index is 12.0. The van der Waals surface area contributed by atoms with E-state index >= 15 is 0 Å². The average Bonchev–Trinajstić information content (AvgIpc) is 2.14. The summed E-state index contributed by atoms with van der Waals surface area (Å²) in [6.45, 7) is 7.15. The number of halogens is 2. The van der Waals surface area contributed by atoms with Crippen molar-refractivity contribution < 1.29 is 14.3 Å². The van der Waals surface area contributed by atoms with Crippen molar-refractivity contribution >= 4 is 38.0 Å². The summed E-state index contributed by atoms with van der Waals surface area (Å²) in [5.41, 5.74) is -0.477. The number of morpholine rings is 1. The fourth-order valence-electron chi connectivity index (χ4n) is 1.45. The molecule has 1 fully saturated rings. The Balaban J connectivity index is 2.71. The fourth-order valence-corrected chi connectivity index (χ4v) is 2.06. The van der Waals surface area contributed by atoms with Gasteiger partial charge in [0.25, 0.3) is 0 Å². The van der Waals surface area contributed by atoms with Gasteiger partial charge < -0.3 is 9.47 Å². The molecule has 1 saturated heterocycles. The monoisotopic (exact) mass is 369 g/mol. The molecule has 0 aromatic carbocycles. The van der Waals surface area contributed by atoms with E-state index in [2.05, 4.69) is 31.9 Å². The number of amides is 1. The highest BCUT2D eigenvalue weighted by molar-refractivity contribution is 9.28. The largest absolute Gasteiger partial charge is 0.444 e. The molecule has 0 aromatic heterocycles. The number of rotatable bonds is 1. The molecular weight excluding hydrogens is 354 g/mol. The third kappa shape index (κ3) is 5.40. The molecule has 6 heteroatoms. The zero-order valence-corrected chi connectivity index (χ0v) is 13.4. The first-order valence-electron chi connectivity index (χ1n) is 5.40. The van der Waals surface area contributed by atoms with Crippen molar-refractivity contribution in [1.82, 2.24) is 4.90 Å². The van der Waals surface area contributed by atoms with Crippen LogP contribution in [0, 0.1) is 0 Å². The van der Waals surface area contributed by atoms with Crippen LogP contribution in [0.1, 0.15) is 20.8 Å². The van der Waals surface area contributed by atoms with Gasteiger partial charge in [-0.2, -0.15) is 0 Å². The van der Waals surface area contributed by atoms with Gasteiger partial charge in [-0.3, -0.25) is 4.90 Å². The Hall–Kier alpha value is -0.0700. The maximum absolute atomic E-state index is 12.0. The summed E-state index contributed by atoms with van der Waals surface area (Å²) >= 11 is 6.58. The van der Waals surface area contributed by atoms with Gasteiger partial charge >= 0.3 is 6.09 Å². The second kappa shape index (κ2) is 6.20. The topological polar surface area (TPSA) is 38.8 Å². The molecule has 0 saturated carbocycles. The van der Waals surface area contributed by atoms with Gasteiger partial charge in [0.1, 0.15) is 5.60 Å². The number of hydrogen-bond donors (Lipinski definition) is 0. The molecule has 4 nitrogen and oxygen atoms in total. The molecule has 0 unspecified atom stereocenters. The van der Waals surface area contributed by atoms with Gasteiger partial charge in [-0.05, 0) is 58.7 Å². The second-order valence-corrected chi connectivity index (χ2v) is 7.55. The zero-order valence-electron chi connectivity index (χ0n) is 10.2. The summed E-state index contributed by atoms with van der Waals surface area (Å²) in [5, 5.41) is 0. The second-order valence-electron chi connectivity index (χ2n) is 4.77. The minimum atomic E-state index is -0.477. The lowest BCUT2D eigenvalue weighted by Gasteiger charge is -2.35. The van der Waals surface area contributed by atoms with Crippen molar-refractivity contribution in [3.8, 4) is 0 Å². The first-order valence-corrected chi connectivity index (χ1v) is 6.98. The quantitative estimate of drug-likeness (QED) is 0.711. The lowest BCUT2D eigenvalue weighted by atomic mass is 10.2. The Bertz CT molecular complexity index is 308. The molecule has 0 bridgehead atoms. The summed E-state index contributed by atoms with van der Waals surface area (Å²) in [6.07, 6.45) is 1.58. The van der Waals surface area contributed by atoms with E-state index in [0.29, 0.717) is 19.8 Å². The molecule has 17 heavy (non-hydrogen) atoms. The number of hydrogen-bond acceptors (Lipinski definition) is 3. The molecular formula is C11H17Br2NO3. The summed E-state index contributed by atoms with van der Waals surface area (Å²) in [6, 6.07) is -0.104. The SMILES string of the molecule is CC(C)(C)OC(=O)N1CCOC[C@H]1C=C(Br)Br. The van der Waals surface area contributed by atoms with Crippen LogP contribution in [0.5, 0.6) is 0 Å². The Kier molecular flexibility index (Phi) is 5.47. The fraction of sp³-hybridized carbons (Fsp3) is 0.727. The van der Waals surface area contributed by atoms with Crippen molar-refractivity contribution in [2.45, 2.75) is 32.4 Å². The summed E-state index contributed by atoms with van der Waals surface area (Å²) in [7, 11) is 0. The summed E-state index contributed by atoms with van der Waals surface area (Å²) in [4.78, 5) is 13.7. The number of carbonyl (C=O) groups is 1. The van der Waals surface area contributed by atoms with Crippen LogP contribution in [0.15, 0.2) is 9.47 Å². The van der Waals surface area contributed by atoms with Gasteiger partial charge in [-0.1, -0.05) is 0 Å². The minimum Gasteiger partial charge on any atom is -0.444 e. The predicted octanol–water partition coefficient (Wildman–Crippen LogP) is 3.25.